The van der Waals surface area contributed by atoms with Crippen LogP contribution in [-0.4, -0.2) is 22.4 Å². The Labute approximate surface area is 131 Å². The Morgan fingerprint density at radius 1 is 1.15 bits per heavy atom. The van der Waals surface area contributed by atoms with Crippen LogP contribution in [0.3, 0.4) is 0 Å². The fourth-order valence-corrected chi connectivity index (χ4v) is 14.6. The van der Waals surface area contributed by atoms with Crippen LogP contribution in [0, 0.1) is 0 Å². The normalized spacial score (nSPS) is 13.2. The van der Waals surface area contributed by atoms with Crippen molar-refractivity contribution in [3.8, 4) is 0 Å². The summed E-state index contributed by atoms with van der Waals surface area (Å²) in [7, 11) is 7.04. The molecule has 1 nitrogen and oxygen atoms in total. The third-order valence-electron chi connectivity index (χ3n) is 3.87. The second-order valence-corrected chi connectivity index (χ2v) is 20.6. The molecule has 0 aliphatic rings. The van der Waals surface area contributed by atoms with Crippen LogP contribution in [0.25, 0.3) is 0 Å². The fraction of sp³-hybridized carbons (Fsp3) is 0.529. The van der Waals surface area contributed by atoms with E-state index >= 15 is 0 Å². The Hall–Kier alpha value is 0.00870. The van der Waals surface area contributed by atoms with Crippen molar-refractivity contribution in [2.24, 2.45) is 0 Å². The Balaban J connectivity index is 2.86. The molecule has 0 aliphatic heterocycles. The molecule has 20 heavy (non-hydrogen) atoms. The number of aliphatic hydroxyl groups excluding tert-OH is 1. The van der Waals surface area contributed by atoms with E-state index in [2.05, 4.69) is 20.4 Å². The van der Waals surface area contributed by atoms with Gasteiger partial charge < -0.3 is 0 Å². The molecule has 112 valence electrons. The first-order valence-corrected chi connectivity index (χ1v) is 16.7. The second kappa shape index (κ2) is 9.11. The third-order valence-corrected chi connectivity index (χ3v) is 18.6. The molecule has 1 aromatic rings. The Morgan fingerprint density at radius 2 is 1.65 bits per heavy atom. The number of halogens is 1. The molecule has 0 aromatic heterocycles. The van der Waals surface area contributed by atoms with E-state index < -0.39 is 23.4 Å². The Morgan fingerprint density at radius 3 is 2.10 bits per heavy atom. The third kappa shape index (κ3) is 5.08. The van der Waals surface area contributed by atoms with Gasteiger partial charge in [-0.3, -0.25) is 0 Å². The van der Waals surface area contributed by atoms with Crippen LogP contribution in [0.1, 0.15) is 51.2 Å². The zero-order valence-corrected chi connectivity index (χ0v) is 16.3. The van der Waals surface area contributed by atoms with Crippen LogP contribution >= 0.6 is 8.92 Å². The van der Waals surface area contributed by atoms with Crippen molar-refractivity contribution >= 4 is 26.2 Å². The van der Waals surface area contributed by atoms with Gasteiger partial charge in [0.05, 0.1) is 0 Å². The number of hydrogen-bond donors (Lipinski definition) is 1. The molecular weight excluding hydrogens is 374 g/mol. The average Bonchev–Trinajstić information content (AvgIpc) is 2.50. The average molecular weight is 402 g/mol. The number of unbranched alkanes of at least 4 members (excludes halogenated alkanes) is 2. The molecule has 1 atom stereocenters. The zero-order valence-electron chi connectivity index (χ0n) is 12.7. The predicted molar refractivity (Wildman–Crippen MR) is 91.6 cm³/mol. The molecule has 0 spiro atoms. The molecule has 0 aliphatic carbocycles. The molecule has 1 aromatic carbocycles. The van der Waals surface area contributed by atoms with Gasteiger partial charge in [0.25, 0.3) is 0 Å². The Bertz CT molecular complexity index is 397. The van der Waals surface area contributed by atoms with E-state index in [9.17, 15) is 5.11 Å². The van der Waals surface area contributed by atoms with E-state index in [1.807, 2.05) is 30.3 Å². The summed E-state index contributed by atoms with van der Waals surface area (Å²) in [6.45, 7) is 8.61. The first-order chi connectivity index (χ1) is 9.55. The van der Waals surface area contributed by atoms with Crippen LogP contribution < -0.4 is 0 Å². The minimum absolute atomic E-state index is 0.585. The van der Waals surface area contributed by atoms with Gasteiger partial charge in [0.15, 0.2) is 0 Å². The summed E-state index contributed by atoms with van der Waals surface area (Å²) in [6.07, 6.45) is 4.05. The van der Waals surface area contributed by atoms with Gasteiger partial charge in [-0.25, -0.2) is 0 Å². The number of rotatable bonds is 9. The standard InChI is InChI=1S/C9H9O.2C4H9.ClH.Sn/c1-2-9(10)8-6-4-3-5-7-8;2*1-3-4-2;;/h3-7,9-10H,1H2;2*1,3-4H2,2H3;1H;/q;;;;+1/p-1. The maximum atomic E-state index is 10.6. The van der Waals surface area contributed by atoms with E-state index in [0.29, 0.717) is 0 Å². The van der Waals surface area contributed by atoms with Gasteiger partial charge in [-0.1, -0.05) is 0 Å². The van der Waals surface area contributed by atoms with Gasteiger partial charge in [-0.05, 0) is 0 Å². The van der Waals surface area contributed by atoms with E-state index in [4.69, 9.17) is 8.92 Å². The minimum atomic E-state index is -2.95. The molecule has 1 rings (SSSR count). The summed E-state index contributed by atoms with van der Waals surface area (Å²) < 4.78 is 3.14. The van der Waals surface area contributed by atoms with E-state index in [1.54, 1.807) is 0 Å². The van der Waals surface area contributed by atoms with Crippen molar-refractivity contribution in [3.63, 3.8) is 0 Å². The van der Waals surface area contributed by atoms with Gasteiger partial charge >= 0.3 is 132 Å². The van der Waals surface area contributed by atoms with E-state index in [1.165, 1.54) is 0 Å². The van der Waals surface area contributed by atoms with Gasteiger partial charge in [-0.15, -0.1) is 0 Å². The summed E-state index contributed by atoms with van der Waals surface area (Å²) in [5.74, 6) is 0. The first-order valence-electron chi connectivity index (χ1n) is 7.66. The summed E-state index contributed by atoms with van der Waals surface area (Å²) >= 11 is -2.95. The van der Waals surface area contributed by atoms with Crippen molar-refractivity contribution in [1.29, 1.82) is 0 Å². The fourth-order valence-electron chi connectivity index (χ4n) is 2.44. The Kier molecular flexibility index (Phi) is 8.23. The van der Waals surface area contributed by atoms with Crippen molar-refractivity contribution in [2.75, 3.05) is 0 Å². The van der Waals surface area contributed by atoms with Gasteiger partial charge in [0.1, 0.15) is 0 Å². The predicted octanol–water partition coefficient (Wildman–Crippen LogP) is 5.60. The summed E-state index contributed by atoms with van der Waals surface area (Å²) in [4.78, 5) is 0. The van der Waals surface area contributed by atoms with Crippen molar-refractivity contribution in [1.82, 2.24) is 0 Å². The molecule has 0 saturated carbocycles. The molecular formula is C17H27ClOSn. The van der Waals surface area contributed by atoms with Crippen LogP contribution in [0.4, 0.5) is 0 Å². The molecule has 0 heterocycles. The SMILES string of the molecule is C=[C](C(O)c1ccccc1)[Sn]([Cl])([CH2]CCC)[CH2]CCC. The number of aliphatic hydroxyl groups is 1. The van der Waals surface area contributed by atoms with Gasteiger partial charge in [0.2, 0.25) is 0 Å². The van der Waals surface area contributed by atoms with Crippen LogP contribution in [0.2, 0.25) is 8.87 Å². The summed E-state index contributed by atoms with van der Waals surface area (Å²) in [5, 5.41) is 10.6. The molecule has 1 unspecified atom stereocenters. The number of hydrogen-bond acceptors (Lipinski definition) is 1. The van der Waals surface area contributed by atoms with Gasteiger partial charge in [-0.2, -0.15) is 0 Å². The first kappa shape index (κ1) is 18.1. The molecule has 0 bridgehead atoms. The maximum absolute atomic E-state index is 10.6. The molecule has 0 radical (unpaired) electrons. The van der Waals surface area contributed by atoms with E-state index in [-0.39, 0.29) is 0 Å². The monoisotopic (exact) mass is 402 g/mol. The molecule has 3 heteroatoms. The molecule has 0 saturated heterocycles. The zero-order chi connectivity index (χ0) is 15.0. The van der Waals surface area contributed by atoms with Crippen LogP contribution in [0.5, 0.6) is 0 Å². The van der Waals surface area contributed by atoms with Gasteiger partial charge in [0, 0.05) is 0 Å². The van der Waals surface area contributed by atoms with E-state index in [0.717, 1.165) is 43.7 Å². The van der Waals surface area contributed by atoms with Crippen LogP contribution in [0.15, 0.2) is 40.5 Å². The number of benzene rings is 1. The molecule has 1 N–H and O–H groups in total. The van der Waals surface area contributed by atoms with Crippen LogP contribution in [-0.2, 0) is 0 Å². The summed E-state index contributed by atoms with van der Waals surface area (Å²) in [5.41, 5.74) is 0.923. The second-order valence-electron chi connectivity index (χ2n) is 5.51. The summed E-state index contributed by atoms with van der Waals surface area (Å²) in [6, 6.07) is 9.78. The molecule has 0 amide bonds. The van der Waals surface area contributed by atoms with Crippen molar-refractivity contribution in [3.05, 3.63) is 46.1 Å². The quantitative estimate of drug-likeness (QED) is 0.534. The topological polar surface area (TPSA) is 20.2 Å². The molecule has 0 fully saturated rings. The van der Waals surface area contributed by atoms with Crippen molar-refractivity contribution in [2.45, 2.75) is 54.5 Å². The van der Waals surface area contributed by atoms with Crippen molar-refractivity contribution < 1.29 is 5.11 Å².